The van der Waals surface area contributed by atoms with Gasteiger partial charge in [0.25, 0.3) is 0 Å². The number of carbonyl (C=O) groups excluding carboxylic acids is 1. The van der Waals surface area contributed by atoms with Gasteiger partial charge in [0.1, 0.15) is 0 Å². The third-order valence-corrected chi connectivity index (χ3v) is 6.06. The first-order valence-corrected chi connectivity index (χ1v) is 8.94. The minimum atomic E-state index is 0.155. The molecule has 4 unspecified atom stereocenters. The minimum Gasteiger partial charge on any atom is -0.353 e. The standard InChI is InChI=1S/C17H31N3O/c1-3-15(16-6-4-5-9-18-16)17(21)19-12-10-13-7-8-14(11-12)20(13)2/h12-16,18H,3-11H2,1-2H3,(H,19,21). The van der Waals surface area contributed by atoms with Crippen LogP contribution in [0.4, 0.5) is 0 Å². The Kier molecular flexibility index (Phi) is 4.85. The summed E-state index contributed by atoms with van der Waals surface area (Å²) in [6, 6.07) is 2.19. The van der Waals surface area contributed by atoms with Gasteiger partial charge in [-0.25, -0.2) is 0 Å². The predicted octanol–water partition coefficient (Wildman–Crippen LogP) is 1.90. The van der Waals surface area contributed by atoms with Gasteiger partial charge in [-0.2, -0.15) is 0 Å². The van der Waals surface area contributed by atoms with E-state index in [4.69, 9.17) is 0 Å². The Labute approximate surface area is 129 Å². The van der Waals surface area contributed by atoms with E-state index < -0.39 is 0 Å². The number of rotatable bonds is 4. The number of nitrogens with one attached hydrogen (secondary N) is 2. The Morgan fingerprint density at radius 1 is 1.24 bits per heavy atom. The van der Waals surface area contributed by atoms with Crippen LogP contribution in [0.3, 0.4) is 0 Å². The predicted molar refractivity (Wildman–Crippen MR) is 85.2 cm³/mol. The van der Waals surface area contributed by atoms with Crippen molar-refractivity contribution < 1.29 is 4.79 Å². The van der Waals surface area contributed by atoms with Crippen LogP contribution in [0.25, 0.3) is 0 Å². The Balaban J connectivity index is 1.55. The molecule has 4 nitrogen and oxygen atoms in total. The van der Waals surface area contributed by atoms with Crippen molar-refractivity contribution in [3.05, 3.63) is 0 Å². The van der Waals surface area contributed by atoms with Crippen LogP contribution in [-0.2, 0) is 4.79 Å². The lowest BCUT2D eigenvalue weighted by molar-refractivity contribution is -0.127. The summed E-state index contributed by atoms with van der Waals surface area (Å²) in [6.07, 6.45) is 9.55. The van der Waals surface area contributed by atoms with Crippen LogP contribution >= 0.6 is 0 Å². The van der Waals surface area contributed by atoms with Crippen LogP contribution in [0.1, 0.15) is 58.3 Å². The number of carbonyl (C=O) groups is 1. The molecule has 4 atom stereocenters. The molecule has 3 heterocycles. The van der Waals surface area contributed by atoms with Gasteiger partial charge < -0.3 is 15.5 Å². The zero-order chi connectivity index (χ0) is 14.8. The summed E-state index contributed by atoms with van der Waals surface area (Å²) in [5, 5.41) is 6.94. The zero-order valence-electron chi connectivity index (χ0n) is 13.6. The molecule has 0 aromatic heterocycles. The first kappa shape index (κ1) is 15.3. The van der Waals surface area contributed by atoms with Gasteiger partial charge in [0.15, 0.2) is 0 Å². The van der Waals surface area contributed by atoms with E-state index in [2.05, 4.69) is 29.5 Å². The summed E-state index contributed by atoms with van der Waals surface area (Å²) in [7, 11) is 2.25. The average Bonchev–Trinajstić information content (AvgIpc) is 2.72. The smallest absolute Gasteiger partial charge is 0.224 e. The van der Waals surface area contributed by atoms with Crippen molar-refractivity contribution in [2.45, 2.75) is 82.5 Å². The number of piperidine rings is 2. The van der Waals surface area contributed by atoms with E-state index in [1.807, 2.05) is 0 Å². The van der Waals surface area contributed by atoms with Crippen molar-refractivity contribution >= 4 is 5.91 Å². The molecule has 2 bridgehead atoms. The molecule has 3 aliphatic rings. The number of nitrogens with zero attached hydrogens (tertiary/aromatic N) is 1. The second-order valence-electron chi connectivity index (χ2n) is 7.30. The molecular weight excluding hydrogens is 262 g/mol. The molecule has 0 radical (unpaired) electrons. The van der Waals surface area contributed by atoms with E-state index in [1.165, 1.54) is 25.7 Å². The quantitative estimate of drug-likeness (QED) is 0.832. The van der Waals surface area contributed by atoms with Crippen molar-refractivity contribution in [2.75, 3.05) is 13.6 Å². The lowest BCUT2D eigenvalue weighted by atomic mass is 9.88. The minimum absolute atomic E-state index is 0.155. The van der Waals surface area contributed by atoms with Crippen LogP contribution in [0.2, 0.25) is 0 Å². The molecule has 3 aliphatic heterocycles. The summed E-state index contributed by atoms with van der Waals surface area (Å²) in [6.45, 7) is 3.23. The fraction of sp³-hybridized carbons (Fsp3) is 0.941. The molecule has 0 aliphatic carbocycles. The van der Waals surface area contributed by atoms with E-state index in [0.29, 0.717) is 30.1 Å². The lowest BCUT2D eigenvalue weighted by Gasteiger charge is -2.38. The summed E-state index contributed by atoms with van der Waals surface area (Å²) < 4.78 is 0. The van der Waals surface area contributed by atoms with Crippen LogP contribution in [-0.4, -0.2) is 48.6 Å². The van der Waals surface area contributed by atoms with E-state index in [1.54, 1.807) is 0 Å². The largest absolute Gasteiger partial charge is 0.353 e. The third kappa shape index (κ3) is 3.26. The molecule has 0 aromatic carbocycles. The molecule has 3 saturated heterocycles. The molecule has 0 spiro atoms. The van der Waals surface area contributed by atoms with Crippen LogP contribution in [0, 0.1) is 5.92 Å². The fourth-order valence-corrected chi connectivity index (χ4v) is 4.71. The van der Waals surface area contributed by atoms with Gasteiger partial charge in [0.05, 0.1) is 5.92 Å². The van der Waals surface area contributed by atoms with Crippen molar-refractivity contribution in [3.63, 3.8) is 0 Å². The van der Waals surface area contributed by atoms with E-state index in [9.17, 15) is 4.79 Å². The highest BCUT2D eigenvalue weighted by molar-refractivity contribution is 5.79. The molecule has 4 heteroatoms. The second kappa shape index (κ2) is 6.66. The van der Waals surface area contributed by atoms with Crippen LogP contribution < -0.4 is 10.6 Å². The summed E-state index contributed by atoms with van der Waals surface area (Å²) in [5.41, 5.74) is 0. The first-order valence-electron chi connectivity index (χ1n) is 8.94. The molecule has 3 fully saturated rings. The fourth-order valence-electron chi connectivity index (χ4n) is 4.71. The summed E-state index contributed by atoms with van der Waals surface area (Å²) in [5.74, 6) is 0.452. The van der Waals surface area contributed by atoms with Gasteiger partial charge in [0, 0.05) is 24.2 Å². The maximum atomic E-state index is 12.7. The van der Waals surface area contributed by atoms with Gasteiger partial charge in [-0.15, -0.1) is 0 Å². The average molecular weight is 293 g/mol. The van der Waals surface area contributed by atoms with Crippen molar-refractivity contribution in [3.8, 4) is 0 Å². The number of fused-ring (bicyclic) bond motifs is 2. The SMILES string of the molecule is CCC(C(=O)NC1CC2CCC(C1)N2C)C1CCCCN1. The number of hydrogen-bond donors (Lipinski definition) is 2. The van der Waals surface area contributed by atoms with Gasteiger partial charge >= 0.3 is 0 Å². The lowest BCUT2D eigenvalue weighted by Crippen LogP contribution is -2.52. The Morgan fingerprint density at radius 2 is 1.95 bits per heavy atom. The number of amides is 1. The van der Waals surface area contributed by atoms with E-state index in [0.717, 1.165) is 32.2 Å². The second-order valence-corrected chi connectivity index (χ2v) is 7.30. The van der Waals surface area contributed by atoms with Gasteiger partial charge in [-0.3, -0.25) is 4.79 Å². The molecule has 0 saturated carbocycles. The third-order valence-electron chi connectivity index (χ3n) is 6.06. The molecule has 0 aromatic rings. The first-order chi connectivity index (χ1) is 10.2. The topological polar surface area (TPSA) is 44.4 Å². The Bertz CT molecular complexity index is 353. The van der Waals surface area contributed by atoms with Crippen molar-refractivity contribution in [2.24, 2.45) is 5.92 Å². The summed E-state index contributed by atoms with van der Waals surface area (Å²) in [4.78, 5) is 15.2. The van der Waals surface area contributed by atoms with Crippen molar-refractivity contribution in [1.82, 2.24) is 15.5 Å². The van der Waals surface area contributed by atoms with E-state index >= 15 is 0 Å². The summed E-state index contributed by atoms with van der Waals surface area (Å²) >= 11 is 0. The van der Waals surface area contributed by atoms with Crippen LogP contribution in [0.5, 0.6) is 0 Å². The maximum absolute atomic E-state index is 12.7. The van der Waals surface area contributed by atoms with E-state index in [-0.39, 0.29) is 5.92 Å². The molecule has 2 N–H and O–H groups in total. The van der Waals surface area contributed by atoms with Gasteiger partial charge in [0.2, 0.25) is 5.91 Å². The number of hydrogen-bond acceptors (Lipinski definition) is 3. The Morgan fingerprint density at radius 3 is 2.52 bits per heavy atom. The van der Waals surface area contributed by atoms with Crippen LogP contribution in [0.15, 0.2) is 0 Å². The maximum Gasteiger partial charge on any atom is 0.224 e. The highest BCUT2D eigenvalue weighted by atomic mass is 16.2. The zero-order valence-corrected chi connectivity index (χ0v) is 13.6. The van der Waals surface area contributed by atoms with Gasteiger partial charge in [-0.05, 0) is 58.5 Å². The van der Waals surface area contributed by atoms with Crippen molar-refractivity contribution in [1.29, 1.82) is 0 Å². The molecule has 1 amide bonds. The molecule has 120 valence electrons. The monoisotopic (exact) mass is 293 g/mol. The highest BCUT2D eigenvalue weighted by Gasteiger charge is 2.39. The molecular formula is C17H31N3O. The Hall–Kier alpha value is -0.610. The molecule has 3 rings (SSSR count). The normalized spacial score (nSPS) is 38.2. The molecule has 21 heavy (non-hydrogen) atoms. The highest BCUT2D eigenvalue weighted by Crippen LogP contribution is 2.34. The van der Waals surface area contributed by atoms with Gasteiger partial charge in [-0.1, -0.05) is 13.3 Å².